The van der Waals surface area contributed by atoms with E-state index in [1.54, 1.807) is 13.2 Å². The predicted molar refractivity (Wildman–Crippen MR) is 76.2 cm³/mol. The van der Waals surface area contributed by atoms with Gasteiger partial charge in [0.25, 0.3) is 0 Å². The fourth-order valence-electron chi connectivity index (χ4n) is 2.25. The molecule has 2 aromatic rings. The Hall–Kier alpha value is -2.34. The monoisotopic (exact) mass is 269 g/mol. The van der Waals surface area contributed by atoms with E-state index in [9.17, 15) is 9.65 Å². The van der Waals surface area contributed by atoms with Crippen molar-refractivity contribution in [1.29, 1.82) is 5.26 Å². The first-order valence-corrected chi connectivity index (χ1v) is 6.42. The number of aryl methyl sites for hydroxylation is 1. The van der Waals surface area contributed by atoms with E-state index in [0.717, 1.165) is 16.7 Å². The molecule has 0 spiro atoms. The minimum atomic E-state index is -0.355. The van der Waals surface area contributed by atoms with Gasteiger partial charge in [0.2, 0.25) is 0 Å². The number of hydrogen-bond acceptors (Lipinski definition) is 2. The van der Waals surface area contributed by atoms with Crippen molar-refractivity contribution < 1.29 is 9.13 Å². The van der Waals surface area contributed by atoms with Crippen molar-refractivity contribution in [2.75, 3.05) is 7.11 Å². The summed E-state index contributed by atoms with van der Waals surface area (Å²) in [6, 6.07) is 14.4. The van der Waals surface area contributed by atoms with Crippen molar-refractivity contribution in [3.8, 4) is 11.8 Å². The molecule has 0 amide bonds. The highest BCUT2D eigenvalue weighted by Crippen LogP contribution is 2.30. The highest BCUT2D eigenvalue weighted by molar-refractivity contribution is 5.42. The van der Waals surface area contributed by atoms with E-state index in [2.05, 4.69) is 6.07 Å². The molecule has 3 heteroatoms. The quantitative estimate of drug-likeness (QED) is 0.840. The molecular formula is C17H16FNO. The fourth-order valence-corrected chi connectivity index (χ4v) is 2.25. The zero-order chi connectivity index (χ0) is 14.5. The van der Waals surface area contributed by atoms with Crippen LogP contribution < -0.4 is 4.74 Å². The van der Waals surface area contributed by atoms with Crippen molar-refractivity contribution >= 4 is 0 Å². The number of methoxy groups -OCH3 is 1. The summed E-state index contributed by atoms with van der Waals surface area (Å²) in [6.07, 6.45) is 0.466. The number of nitriles is 1. The highest BCUT2D eigenvalue weighted by atomic mass is 19.1. The number of ether oxygens (including phenoxy) is 1. The minimum Gasteiger partial charge on any atom is -0.496 e. The Labute approximate surface area is 118 Å². The van der Waals surface area contributed by atoms with Crippen molar-refractivity contribution in [2.24, 2.45) is 0 Å². The van der Waals surface area contributed by atoms with Crippen molar-refractivity contribution in [3.63, 3.8) is 0 Å². The first kappa shape index (κ1) is 14.1. The van der Waals surface area contributed by atoms with E-state index in [0.29, 0.717) is 12.2 Å². The Morgan fingerprint density at radius 3 is 2.70 bits per heavy atom. The van der Waals surface area contributed by atoms with E-state index < -0.39 is 0 Å². The Kier molecular flexibility index (Phi) is 4.37. The van der Waals surface area contributed by atoms with Gasteiger partial charge in [0.05, 0.1) is 19.1 Å². The molecule has 0 aliphatic rings. The van der Waals surface area contributed by atoms with Gasteiger partial charge in [-0.05, 0) is 37.1 Å². The van der Waals surface area contributed by atoms with Crippen LogP contribution in [0.3, 0.4) is 0 Å². The van der Waals surface area contributed by atoms with Crippen LogP contribution in [0.15, 0.2) is 42.5 Å². The van der Waals surface area contributed by atoms with Crippen molar-refractivity contribution in [1.82, 2.24) is 0 Å². The Morgan fingerprint density at radius 2 is 2.05 bits per heavy atom. The lowest BCUT2D eigenvalue weighted by molar-refractivity contribution is 0.408. The number of benzene rings is 2. The van der Waals surface area contributed by atoms with Crippen LogP contribution in [0.25, 0.3) is 0 Å². The van der Waals surface area contributed by atoms with Crippen LogP contribution in [0.1, 0.15) is 22.6 Å². The molecule has 20 heavy (non-hydrogen) atoms. The molecule has 0 aromatic heterocycles. The molecule has 2 rings (SSSR count). The smallest absolute Gasteiger partial charge is 0.123 e. The van der Waals surface area contributed by atoms with Crippen LogP contribution in [0.4, 0.5) is 4.39 Å². The minimum absolute atomic E-state index is 0.282. The number of rotatable bonds is 4. The fraction of sp³-hybridized carbons (Fsp3) is 0.235. The molecule has 102 valence electrons. The highest BCUT2D eigenvalue weighted by Gasteiger charge is 2.16. The topological polar surface area (TPSA) is 33.0 Å². The summed E-state index contributed by atoms with van der Waals surface area (Å²) in [6.45, 7) is 1.97. The van der Waals surface area contributed by atoms with Gasteiger partial charge < -0.3 is 4.74 Å². The third-order valence-electron chi connectivity index (χ3n) is 3.25. The van der Waals surface area contributed by atoms with Gasteiger partial charge in [-0.25, -0.2) is 4.39 Å². The molecule has 0 heterocycles. The first-order chi connectivity index (χ1) is 9.63. The third kappa shape index (κ3) is 3.16. The second-order valence-corrected chi connectivity index (χ2v) is 4.76. The first-order valence-electron chi connectivity index (χ1n) is 6.42. The number of nitrogens with zero attached hydrogens (tertiary/aromatic N) is 1. The molecule has 0 fully saturated rings. The molecule has 0 aliphatic carbocycles. The molecule has 0 bridgehead atoms. The van der Waals surface area contributed by atoms with E-state index in [1.165, 1.54) is 12.1 Å². The molecule has 2 aromatic carbocycles. The van der Waals surface area contributed by atoms with Gasteiger partial charge in [-0.1, -0.05) is 29.8 Å². The standard InChI is InChI=1S/C17H16FNO/c1-12-6-7-17(20-2)16(8-12)14(11-19)9-13-4-3-5-15(18)10-13/h3-8,10,14H,9H2,1-2H3. The van der Waals surface area contributed by atoms with Gasteiger partial charge >= 0.3 is 0 Å². The summed E-state index contributed by atoms with van der Waals surface area (Å²) >= 11 is 0. The third-order valence-corrected chi connectivity index (χ3v) is 3.25. The van der Waals surface area contributed by atoms with E-state index in [4.69, 9.17) is 4.74 Å². The Bertz CT molecular complexity index is 646. The summed E-state index contributed by atoms with van der Waals surface area (Å²) < 4.78 is 18.5. The maximum absolute atomic E-state index is 13.2. The average Bonchev–Trinajstić information content (AvgIpc) is 2.45. The molecule has 0 saturated heterocycles. The maximum atomic E-state index is 13.2. The van der Waals surface area contributed by atoms with Gasteiger partial charge in [0.15, 0.2) is 0 Å². The molecular weight excluding hydrogens is 253 g/mol. The van der Waals surface area contributed by atoms with Crippen LogP contribution in [0, 0.1) is 24.1 Å². The second-order valence-electron chi connectivity index (χ2n) is 4.76. The zero-order valence-electron chi connectivity index (χ0n) is 11.6. The molecule has 1 unspecified atom stereocenters. The average molecular weight is 269 g/mol. The van der Waals surface area contributed by atoms with Gasteiger partial charge in [0.1, 0.15) is 11.6 Å². The molecule has 1 atom stereocenters. The Morgan fingerprint density at radius 1 is 1.25 bits per heavy atom. The lowest BCUT2D eigenvalue weighted by Gasteiger charge is -2.14. The van der Waals surface area contributed by atoms with Gasteiger partial charge in [-0.3, -0.25) is 0 Å². The summed E-state index contributed by atoms with van der Waals surface area (Å²) in [5.74, 6) is 0.0561. The SMILES string of the molecule is COc1ccc(C)cc1C(C#N)Cc1cccc(F)c1. The van der Waals surface area contributed by atoms with E-state index in [-0.39, 0.29) is 11.7 Å². The summed E-state index contributed by atoms with van der Waals surface area (Å²) in [7, 11) is 1.59. The van der Waals surface area contributed by atoms with Gasteiger partial charge in [-0.2, -0.15) is 5.26 Å². The van der Waals surface area contributed by atoms with Crippen LogP contribution in [0.2, 0.25) is 0 Å². The lowest BCUT2D eigenvalue weighted by atomic mass is 9.91. The Balaban J connectivity index is 2.34. The van der Waals surface area contributed by atoms with Gasteiger partial charge in [0, 0.05) is 5.56 Å². The summed E-state index contributed by atoms with van der Waals surface area (Å²) in [5, 5.41) is 9.42. The van der Waals surface area contributed by atoms with Crippen LogP contribution >= 0.6 is 0 Å². The van der Waals surface area contributed by atoms with Gasteiger partial charge in [-0.15, -0.1) is 0 Å². The maximum Gasteiger partial charge on any atom is 0.123 e. The molecule has 0 radical (unpaired) electrons. The largest absolute Gasteiger partial charge is 0.496 e. The number of halogens is 1. The summed E-state index contributed by atoms with van der Waals surface area (Å²) in [4.78, 5) is 0. The van der Waals surface area contributed by atoms with E-state index >= 15 is 0 Å². The van der Waals surface area contributed by atoms with Crippen molar-refractivity contribution in [3.05, 3.63) is 65.0 Å². The van der Waals surface area contributed by atoms with Crippen LogP contribution in [-0.2, 0) is 6.42 Å². The predicted octanol–water partition coefficient (Wildman–Crippen LogP) is 3.99. The lowest BCUT2D eigenvalue weighted by Crippen LogP contribution is -2.04. The molecule has 0 saturated carbocycles. The molecule has 0 aliphatic heterocycles. The van der Waals surface area contributed by atoms with Crippen LogP contribution in [-0.4, -0.2) is 7.11 Å². The van der Waals surface area contributed by atoms with E-state index in [1.807, 2.05) is 31.2 Å². The zero-order valence-corrected chi connectivity index (χ0v) is 11.6. The second kappa shape index (κ2) is 6.21. The molecule has 2 nitrogen and oxygen atoms in total. The van der Waals surface area contributed by atoms with Crippen LogP contribution in [0.5, 0.6) is 5.75 Å². The molecule has 0 N–H and O–H groups in total. The number of hydrogen-bond donors (Lipinski definition) is 0. The van der Waals surface area contributed by atoms with Crippen molar-refractivity contribution in [2.45, 2.75) is 19.3 Å². The normalized spacial score (nSPS) is 11.7. The summed E-state index contributed by atoms with van der Waals surface area (Å²) in [5.41, 5.74) is 2.72.